The summed E-state index contributed by atoms with van der Waals surface area (Å²) in [7, 11) is 0. The second-order valence-electron chi connectivity index (χ2n) is 7.09. The smallest absolute Gasteiger partial charge is 0.338 e. The third-order valence-corrected chi connectivity index (χ3v) is 4.62. The molecule has 1 N–H and O–H groups in total. The maximum absolute atomic E-state index is 12.2. The Balaban J connectivity index is 1.47. The fourth-order valence-corrected chi connectivity index (χ4v) is 2.84. The predicted octanol–water partition coefficient (Wildman–Crippen LogP) is 4.51. The molecule has 0 fully saturated rings. The number of anilines is 1. The summed E-state index contributed by atoms with van der Waals surface area (Å²) in [5.41, 5.74) is 1.80. The molecule has 1 heterocycles. The van der Waals surface area contributed by atoms with E-state index in [0.717, 1.165) is 12.8 Å². The van der Waals surface area contributed by atoms with Gasteiger partial charge in [0.2, 0.25) is 0 Å². The summed E-state index contributed by atoms with van der Waals surface area (Å²) in [4.78, 5) is 46.9. The minimum Gasteiger partial charge on any atom is -0.462 e. The summed E-state index contributed by atoms with van der Waals surface area (Å²) in [5.74, 6) is -0.889. The molecule has 0 aliphatic rings. The largest absolute Gasteiger partial charge is 0.462 e. The van der Waals surface area contributed by atoms with Crippen LogP contribution in [0.1, 0.15) is 51.0 Å². The summed E-state index contributed by atoms with van der Waals surface area (Å²) < 4.78 is 15.5. The summed E-state index contributed by atoms with van der Waals surface area (Å²) in [6.45, 7) is 1.90. The molecular formula is C25H23NO7. The van der Waals surface area contributed by atoms with Crippen molar-refractivity contribution >= 4 is 29.8 Å². The van der Waals surface area contributed by atoms with Crippen LogP contribution in [0.4, 0.5) is 5.69 Å². The summed E-state index contributed by atoms with van der Waals surface area (Å²) in [6.07, 6.45) is 2.34. The number of ether oxygens (including phenoxy) is 2. The average Bonchev–Trinajstić information content (AvgIpc) is 3.32. The number of esters is 2. The molecule has 0 unspecified atom stereocenters. The maximum atomic E-state index is 12.2. The van der Waals surface area contributed by atoms with Crippen LogP contribution in [-0.4, -0.2) is 37.3 Å². The zero-order valence-corrected chi connectivity index (χ0v) is 18.0. The summed E-state index contributed by atoms with van der Waals surface area (Å²) in [6, 6.07) is 15.8. The van der Waals surface area contributed by atoms with Crippen molar-refractivity contribution in [3.63, 3.8) is 0 Å². The molecule has 0 aliphatic heterocycles. The Morgan fingerprint density at radius 2 is 1.52 bits per heavy atom. The van der Waals surface area contributed by atoms with E-state index in [1.807, 2.05) is 6.92 Å². The van der Waals surface area contributed by atoms with E-state index in [-0.39, 0.29) is 11.3 Å². The van der Waals surface area contributed by atoms with Crippen molar-refractivity contribution in [2.45, 2.75) is 19.8 Å². The van der Waals surface area contributed by atoms with E-state index in [4.69, 9.17) is 13.9 Å². The van der Waals surface area contributed by atoms with Crippen molar-refractivity contribution in [3.8, 4) is 11.3 Å². The van der Waals surface area contributed by atoms with Gasteiger partial charge in [0.1, 0.15) is 5.76 Å². The second-order valence-corrected chi connectivity index (χ2v) is 7.09. The Kier molecular flexibility index (Phi) is 8.13. The van der Waals surface area contributed by atoms with Gasteiger partial charge in [-0.2, -0.15) is 0 Å². The lowest BCUT2D eigenvalue weighted by Crippen LogP contribution is -2.21. The molecule has 0 saturated carbocycles. The zero-order chi connectivity index (χ0) is 23.6. The number of amides is 1. The molecule has 0 atom stereocenters. The van der Waals surface area contributed by atoms with Gasteiger partial charge in [-0.15, -0.1) is 0 Å². The van der Waals surface area contributed by atoms with Crippen LogP contribution in [0.3, 0.4) is 0 Å². The van der Waals surface area contributed by atoms with Crippen LogP contribution in [0.2, 0.25) is 0 Å². The number of furan rings is 1. The van der Waals surface area contributed by atoms with Gasteiger partial charge in [-0.1, -0.05) is 25.5 Å². The van der Waals surface area contributed by atoms with Gasteiger partial charge < -0.3 is 19.2 Å². The number of unbranched alkanes of at least 4 members (excludes halogenated alkanes) is 1. The normalized spacial score (nSPS) is 10.3. The molecule has 0 aliphatic carbocycles. The molecule has 3 aromatic rings. The lowest BCUT2D eigenvalue weighted by atomic mass is 10.1. The van der Waals surface area contributed by atoms with Crippen LogP contribution < -0.4 is 5.32 Å². The quantitative estimate of drug-likeness (QED) is 0.275. The summed E-state index contributed by atoms with van der Waals surface area (Å²) >= 11 is 0. The average molecular weight is 449 g/mol. The Labute approximate surface area is 190 Å². The molecule has 2 aromatic carbocycles. The van der Waals surface area contributed by atoms with Crippen LogP contribution in [0.5, 0.6) is 0 Å². The van der Waals surface area contributed by atoms with Gasteiger partial charge in [0.25, 0.3) is 5.91 Å². The van der Waals surface area contributed by atoms with Crippen molar-refractivity contribution in [1.29, 1.82) is 0 Å². The molecule has 1 amide bonds. The van der Waals surface area contributed by atoms with Crippen LogP contribution in [0.25, 0.3) is 11.3 Å². The first-order valence-electron chi connectivity index (χ1n) is 10.4. The number of carbonyl (C=O) groups is 4. The first kappa shape index (κ1) is 23.5. The van der Waals surface area contributed by atoms with E-state index in [9.17, 15) is 19.2 Å². The maximum Gasteiger partial charge on any atom is 0.338 e. The minimum absolute atomic E-state index is 0.209. The van der Waals surface area contributed by atoms with Gasteiger partial charge in [0.15, 0.2) is 18.7 Å². The lowest BCUT2D eigenvalue weighted by Gasteiger charge is -2.08. The number of hydrogen-bond acceptors (Lipinski definition) is 7. The molecule has 170 valence electrons. The molecule has 33 heavy (non-hydrogen) atoms. The molecular weight excluding hydrogens is 426 g/mol. The van der Waals surface area contributed by atoms with Crippen molar-refractivity contribution in [2.24, 2.45) is 0 Å². The molecule has 1 aromatic heterocycles. The van der Waals surface area contributed by atoms with Gasteiger partial charge >= 0.3 is 11.9 Å². The molecule has 8 heteroatoms. The zero-order valence-electron chi connectivity index (χ0n) is 18.0. The topological polar surface area (TPSA) is 112 Å². The molecule has 0 spiro atoms. The van der Waals surface area contributed by atoms with Crippen LogP contribution in [-0.2, 0) is 14.3 Å². The Morgan fingerprint density at radius 1 is 0.879 bits per heavy atom. The first-order valence-corrected chi connectivity index (χ1v) is 10.4. The van der Waals surface area contributed by atoms with Crippen LogP contribution >= 0.6 is 0 Å². The van der Waals surface area contributed by atoms with Gasteiger partial charge in [-0.3, -0.25) is 9.59 Å². The Hall–Kier alpha value is -4.20. The number of hydrogen-bond donors (Lipinski definition) is 1. The number of nitrogens with one attached hydrogen (secondary N) is 1. The molecule has 0 radical (unpaired) electrons. The third-order valence-electron chi connectivity index (χ3n) is 4.62. The van der Waals surface area contributed by atoms with Crippen LogP contribution in [0.15, 0.2) is 65.1 Å². The second kappa shape index (κ2) is 11.4. The monoisotopic (exact) mass is 449 g/mol. The highest BCUT2D eigenvalue weighted by Crippen LogP contribution is 2.22. The molecule has 0 bridgehead atoms. The van der Waals surface area contributed by atoms with E-state index in [1.165, 1.54) is 12.1 Å². The highest BCUT2D eigenvalue weighted by atomic mass is 16.5. The van der Waals surface area contributed by atoms with E-state index in [0.29, 0.717) is 35.5 Å². The molecule has 8 nitrogen and oxygen atoms in total. The van der Waals surface area contributed by atoms with Gasteiger partial charge in [-0.05, 0) is 55.0 Å². The fraction of sp³-hybridized carbons (Fsp3) is 0.200. The number of aldehydes is 1. The fourth-order valence-electron chi connectivity index (χ4n) is 2.84. The number of rotatable bonds is 10. The SMILES string of the molecule is CCCCOC(=O)c1ccc(NC(=O)COC(=O)c2ccc(-c3ccc(C=O)o3)cc2)cc1. The Bertz CT molecular complexity index is 1110. The number of carbonyl (C=O) groups excluding carboxylic acids is 4. The van der Waals surface area contributed by atoms with Gasteiger partial charge in [-0.25, -0.2) is 9.59 Å². The first-order chi connectivity index (χ1) is 16.0. The van der Waals surface area contributed by atoms with E-state index >= 15 is 0 Å². The number of benzene rings is 2. The Morgan fingerprint density at radius 3 is 2.12 bits per heavy atom. The van der Waals surface area contributed by atoms with Crippen molar-refractivity contribution < 1.29 is 33.1 Å². The highest BCUT2D eigenvalue weighted by molar-refractivity contribution is 5.96. The van der Waals surface area contributed by atoms with Crippen molar-refractivity contribution in [1.82, 2.24) is 0 Å². The van der Waals surface area contributed by atoms with E-state index in [2.05, 4.69) is 5.32 Å². The molecule has 3 rings (SSSR count). The molecule has 0 saturated heterocycles. The lowest BCUT2D eigenvalue weighted by molar-refractivity contribution is -0.119. The van der Waals surface area contributed by atoms with Gasteiger partial charge in [0, 0.05) is 11.3 Å². The van der Waals surface area contributed by atoms with Crippen LogP contribution in [0, 0.1) is 0 Å². The van der Waals surface area contributed by atoms with Crippen molar-refractivity contribution in [3.05, 3.63) is 77.6 Å². The van der Waals surface area contributed by atoms with Crippen molar-refractivity contribution in [2.75, 3.05) is 18.5 Å². The predicted molar refractivity (Wildman–Crippen MR) is 120 cm³/mol. The van der Waals surface area contributed by atoms with E-state index in [1.54, 1.807) is 48.5 Å². The third kappa shape index (κ3) is 6.64. The standard InChI is InChI=1S/C25H23NO7/c1-2-3-14-31-24(29)19-8-10-20(11-9-19)26-23(28)16-32-25(30)18-6-4-17(5-7-18)22-13-12-21(15-27)33-22/h4-13,15H,2-3,14,16H2,1H3,(H,26,28). The summed E-state index contributed by atoms with van der Waals surface area (Å²) in [5, 5.41) is 2.60. The highest BCUT2D eigenvalue weighted by Gasteiger charge is 2.12. The van der Waals surface area contributed by atoms with E-state index < -0.39 is 24.5 Å². The van der Waals surface area contributed by atoms with Gasteiger partial charge in [0.05, 0.1) is 17.7 Å². The minimum atomic E-state index is -0.658.